The molecule has 4 N–H and O–H groups in total. The van der Waals surface area contributed by atoms with E-state index in [0.29, 0.717) is 11.7 Å². The van der Waals surface area contributed by atoms with Gasteiger partial charge in [-0.1, -0.05) is 24.3 Å². The summed E-state index contributed by atoms with van der Waals surface area (Å²) in [6.07, 6.45) is 0. The number of amidine groups is 2. The molecule has 0 fully saturated rings. The van der Waals surface area contributed by atoms with Gasteiger partial charge in [0, 0.05) is 28.8 Å². The maximum atomic E-state index is 6.10. The van der Waals surface area contributed by atoms with Crippen LogP contribution in [0.3, 0.4) is 0 Å². The fraction of sp³-hybridized carbons (Fsp3) is 0.286. The Hall–Kier alpha value is -2.73. The molecular weight excluding hydrogens is 354 g/mol. The highest BCUT2D eigenvalue weighted by atomic mass is 32.1. The number of hydrogen-bond donors (Lipinski definition) is 2. The molecule has 0 bridgehead atoms. The molecule has 3 rings (SSSR count). The van der Waals surface area contributed by atoms with E-state index in [-0.39, 0.29) is 12.1 Å². The lowest BCUT2D eigenvalue weighted by atomic mass is 10.1. The SMILES string of the molecule is CC(C)N=C(N)c1ccc(-c2nc3ccc(C(N)=NC(C)C)cc3s2)cc1. The molecule has 0 atom stereocenters. The van der Waals surface area contributed by atoms with Gasteiger partial charge in [0.25, 0.3) is 0 Å². The van der Waals surface area contributed by atoms with Crippen molar-refractivity contribution >= 4 is 33.2 Å². The van der Waals surface area contributed by atoms with E-state index in [1.807, 2.05) is 64.1 Å². The van der Waals surface area contributed by atoms with Crippen LogP contribution in [0.25, 0.3) is 20.8 Å². The summed E-state index contributed by atoms with van der Waals surface area (Å²) in [6.45, 7) is 8.04. The van der Waals surface area contributed by atoms with Crippen molar-refractivity contribution < 1.29 is 0 Å². The van der Waals surface area contributed by atoms with Crippen molar-refractivity contribution in [3.05, 3.63) is 53.6 Å². The summed E-state index contributed by atoms with van der Waals surface area (Å²) >= 11 is 1.64. The summed E-state index contributed by atoms with van der Waals surface area (Å²) in [5, 5.41) is 0.965. The Balaban J connectivity index is 1.91. The highest BCUT2D eigenvalue weighted by Crippen LogP contribution is 2.31. The lowest BCUT2D eigenvalue weighted by molar-refractivity contribution is 0.834. The molecule has 140 valence electrons. The van der Waals surface area contributed by atoms with Gasteiger partial charge < -0.3 is 11.5 Å². The number of fused-ring (bicyclic) bond motifs is 1. The average molecular weight is 380 g/mol. The van der Waals surface area contributed by atoms with Crippen molar-refractivity contribution in [3.8, 4) is 10.6 Å². The second kappa shape index (κ2) is 7.88. The number of hydrogen-bond acceptors (Lipinski definition) is 4. The molecule has 1 heterocycles. The van der Waals surface area contributed by atoms with Gasteiger partial charge >= 0.3 is 0 Å². The minimum atomic E-state index is 0.169. The van der Waals surface area contributed by atoms with Gasteiger partial charge in [-0.15, -0.1) is 11.3 Å². The average Bonchev–Trinajstić information content (AvgIpc) is 3.04. The van der Waals surface area contributed by atoms with E-state index in [4.69, 9.17) is 16.5 Å². The van der Waals surface area contributed by atoms with Crippen LogP contribution in [0.1, 0.15) is 38.8 Å². The molecule has 0 radical (unpaired) electrons. The molecule has 6 heteroatoms. The molecule has 3 aromatic rings. The molecule has 0 saturated heterocycles. The summed E-state index contributed by atoms with van der Waals surface area (Å²) in [6, 6.07) is 14.4. The highest BCUT2D eigenvalue weighted by Gasteiger charge is 2.09. The van der Waals surface area contributed by atoms with Crippen molar-refractivity contribution in [1.82, 2.24) is 4.98 Å². The van der Waals surface area contributed by atoms with E-state index in [2.05, 4.69) is 16.1 Å². The van der Waals surface area contributed by atoms with E-state index in [0.717, 1.165) is 31.9 Å². The Bertz CT molecular complexity index is 997. The van der Waals surface area contributed by atoms with E-state index < -0.39 is 0 Å². The smallest absolute Gasteiger partial charge is 0.125 e. The Morgan fingerprint density at radius 2 is 1.41 bits per heavy atom. The fourth-order valence-electron chi connectivity index (χ4n) is 2.70. The van der Waals surface area contributed by atoms with Crippen LogP contribution in [0.2, 0.25) is 0 Å². The number of benzene rings is 2. The Kier molecular flexibility index (Phi) is 5.56. The first kappa shape index (κ1) is 19.0. The van der Waals surface area contributed by atoms with Crippen LogP contribution in [0.5, 0.6) is 0 Å². The van der Waals surface area contributed by atoms with Gasteiger partial charge in [-0.05, 0) is 45.9 Å². The monoisotopic (exact) mass is 379 g/mol. The molecule has 27 heavy (non-hydrogen) atoms. The number of nitrogens with zero attached hydrogens (tertiary/aromatic N) is 3. The molecule has 1 aromatic heterocycles. The molecule has 0 aliphatic heterocycles. The first-order valence-corrected chi connectivity index (χ1v) is 9.83. The summed E-state index contributed by atoms with van der Waals surface area (Å²) < 4.78 is 1.09. The van der Waals surface area contributed by atoms with Crippen molar-refractivity contribution in [2.24, 2.45) is 21.5 Å². The minimum Gasteiger partial charge on any atom is -0.383 e. The van der Waals surface area contributed by atoms with Crippen LogP contribution in [-0.2, 0) is 0 Å². The third kappa shape index (κ3) is 4.52. The minimum absolute atomic E-state index is 0.169. The zero-order chi connectivity index (χ0) is 19.6. The van der Waals surface area contributed by atoms with Crippen LogP contribution in [-0.4, -0.2) is 28.7 Å². The normalized spacial score (nSPS) is 13.1. The predicted molar refractivity (Wildman–Crippen MR) is 117 cm³/mol. The highest BCUT2D eigenvalue weighted by molar-refractivity contribution is 7.21. The molecule has 0 aliphatic carbocycles. The van der Waals surface area contributed by atoms with Gasteiger partial charge in [-0.3, -0.25) is 9.98 Å². The Labute approximate surface area is 163 Å². The van der Waals surface area contributed by atoms with Crippen molar-refractivity contribution in [2.45, 2.75) is 39.8 Å². The first-order chi connectivity index (χ1) is 12.8. The maximum absolute atomic E-state index is 6.10. The molecule has 0 amide bonds. The van der Waals surface area contributed by atoms with E-state index in [1.165, 1.54) is 0 Å². The molecule has 2 aromatic carbocycles. The lowest BCUT2D eigenvalue weighted by Gasteiger charge is -2.04. The standard InChI is InChI=1S/C21H25N5S/c1-12(2)24-19(22)14-5-7-15(8-6-14)21-26-17-10-9-16(11-18(17)27-21)20(23)25-13(3)4/h5-13H,1-4H3,(H2,22,24)(H2,23,25). The van der Waals surface area contributed by atoms with Gasteiger partial charge in [-0.25, -0.2) is 4.98 Å². The summed E-state index contributed by atoms with van der Waals surface area (Å²) in [7, 11) is 0. The first-order valence-electron chi connectivity index (χ1n) is 9.02. The zero-order valence-electron chi connectivity index (χ0n) is 16.1. The van der Waals surface area contributed by atoms with E-state index in [9.17, 15) is 0 Å². The van der Waals surface area contributed by atoms with Gasteiger partial charge in [0.2, 0.25) is 0 Å². The molecule has 0 unspecified atom stereocenters. The maximum Gasteiger partial charge on any atom is 0.125 e. The van der Waals surface area contributed by atoms with E-state index in [1.54, 1.807) is 11.3 Å². The molecule has 0 aliphatic rings. The van der Waals surface area contributed by atoms with Gasteiger partial charge in [0.15, 0.2) is 0 Å². The van der Waals surface area contributed by atoms with Gasteiger partial charge in [0.1, 0.15) is 16.7 Å². The molecule has 5 nitrogen and oxygen atoms in total. The summed E-state index contributed by atoms with van der Waals surface area (Å²) in [5.41, 5.74) is 16.0. The number of aliphatic imine (C=N–C) groups is 2. The van der Waals surface area contributed by atoms with Crippen LogP contribution >= 0.6 is 11.3 Å². The third-order valence-corrected chi connectivity index (χ3v) is 4.97. The van der Waals surface area contributed by atoms with Crippen LogP contribution < -0.4 is 11.5 Å². The second-order valence-corrected chi connectivity index (χ2v) is 8.03. The summed E-state index contributed by atoms with van der Waals surface area (Å²) in [4.78, 5) is 13.6. The van der Waals surface area contributed by atoms with E-state index >= 15 is 0 Å². The Morgan fingerprint density at radius 1 is 0.852 bits per heavy atom. The van der Waals surface area contributed by atoms with Crippen LogP contribution in [0.15, 0.2) is 52.4 Å². The van der Waals surface area contributed by atoms with Crippen molar-refractivity contribution in [2.75, 3.05) is 0 Å². The molecule has 0 saturated carbocycles. The molecular formula is C21H25N5S. The van der Waals surface area contributed by atoms with Crippen LogP contribution in [0, 0.1) is 0 Å². The summed E-state index contributed by atoms with van der Waals surface area (Å²) in [5.74, 6) is 1.12. The molecule has 0 spiro atoms. The van der Waals surface area contributed by atoms with Gasteiger partial charge in [0.05, 0.1) is 10.2 Å². The topological polar surface area (TPSA) is 89.6 Å². The number of rotatable bonds is 5. The fourth-order valence-corrected chi connectivity index (χ4v) is 3.71. The number of nitrogens with two attached hydrogens (primary N) is 2. The second-order valence-electron chi connectivity index (χ2n) is 7.00. The number of aromatic nitrogens is 1. The van der Waals surface area contributed by atoms with Crippen LogP contribution in [0.4, 0.5) is 0 Å². The quantitative estimate of drug-likeness (QED) is 0.514. The Morgan fingerprint density at radius 3 is 2.00 bits per heavy atom. The lowest BCUT2D eigenvalue weighted by Crippen LogP contribution is -2.15. The zero-order valence-corrected chi connectivity index (χ0v) is 16.9. The third-order valence-electron chi connectivity index (χ3n) is 3.91. The predicted octanol–water partition coefficient (Wildman–Crippen LogP) is 4.19. The van der Waals surface area contributed by atoms with Crippen molar-refractivity contribution in [3.63, 3.8) is 0 Å². The largest absolute Gasteiger partial charge is 0.383 e. The number of thiazole rings is 1. The van der Waals surface area contributed by atoms with Crippen molar-refractivity contribution in [1.29, 1.82) is 0 Å². The van der Waals surface area contributed by atoms with Gasteiger partial charge in [-0.2, -0.15) is 0 Å².